The highest BCUT2D eigenvalue weighted by Crippen LogP contribution is 2.09. The number of aliphatic hydroxyl groups excluding tert-OH is 1. The standard InChI is InChI=1S/C10H14N2O3/c1-2-15-10(14)7-3-4-12-9(5-7)8(11)6-13/h3-5,8,13H,2,6,11H2,1H3/t8-/m1/s1. The van der Waals surface area contributed by atoms with E-state index in [1.165, 1.54) is 12.3 Å². The summed E-state index contributed by atoms with van der Waals surface area (Å²) in [5.74, 6) is -0.411. The molecule has 5 heteroatoms. The third kappa shape index (κ3) is 3.00. The van der Waals surface area contributed by atoms with Crippen molar-refractivity contribution in [2.75, 3.05) is 13.2 Å². The molecular weight excluding hydrogens is 196 g/mol. The molecule has 1 atom stereocenters. The van der Waals surface area contributed by atoms with Crippen LogP contribution in [0.25, 0.3) is 0 Å². The quantitative estimate of drug-likeness (QED) is 0.696. The molecule has 0 saturated carbocycles. The maximum atomic E-state index is 11.4. The molecule has 0 aliphatic carbocycles. The molecule has 1 rings (SSSR count). The van der Waals surface area contributed by atoms with Crippen LogP contribution in [0.4, 0.5) is 0 Å². The predicted molar refractivity (Wildman–Crippen MR) is 54.2 cm³/mol. The third-order valence-electron chi connectivity index (χ3n) is 1.87. The van der Waals surface area contributed by atoms with Gasteiger partial charge in [0.25, 0.3) is 0 Å². The lowest BCUT2D eigenvalue weighted by atomic mass is 10.1. The molecule has 0 aromatic carbocycles. The average Bonchev–Trinajstić information content (AvgIpc) is 2.28. The van der Waals surface area contributed by atoms with Crippen LogP contribution in [0.1, 0.15) is 29.0 Å². The highest BCUT2D eigenvalue weighted by molar-refractivity contribution is 5.89. The number of rotatable bonds is 4. The van der Waals surface area contributed by atoms with Crippen molar-refractivity contribution < 1.29 is 14.6 Å². The van der Waals surface area contributed by atoms with Crippen molar-refractivity contribution in [2.24, 2.45) is 5.73 Å². The number of carbonyl (C=O) groups excluding carboxylic acids is 1. The monoisotopic (exact) mass is 210 g/mol. The summed E-state index contributed by atoms with van der Waals surface area (Å²) in [6, 6.07) is 2.50. The molecule has 0 aliphatic heterocycles. The molecule has 0 saturated heterocycles. The summed E-state index contributed by atoms with van der Waals surface area (Å²) >= 11 is 0. The third-order valence-corrected chi connectivity index (χ3v) is 1.87. The molecule has 5 nitrogen and oxygen atoms in total. The van der Waals surface area contributed by atoms with Crippen molar-refractivity contribution in [1.82, 2.24) is 4.98 Å². The minimum Gasteiger partial charge on any atom is -0.462 e. The fourth-order valence-corrected chi connectivity index (χ4v) is 1.09. The van der Waals surface area contributed by atoms with Gasteiger partial charge in [-0.3, -0.25) is 4.98 Å². The Morgan fingerprint density at radius 2 is 2.47 bits per heavy atom. The lowest BCUT2D eigenvalue weighted by molar-refractivity contribution is 0.0526. The Balaban J connectivity index is 2.87. The average molecular weight is 210 g/mol. The summed E-state index contributed by atoms with van der Waals surface area (Å²) in [6.45, 7) is 1.85. The van der Waals surface area contributed by atoms with Gasteiger partial charge in [-0.05, 0) is 19.1 Å². The number of hydrogen-bond donors (Lipinski definition) is 2. The Kier molecular flexibility index (Phi) is 4.20. The van der Waals surface area contributed by atoms with E-state index in [4.69, 9.17) is 15.6 Å². The van der Waals surface area contributed by atoms with Crippen molar-refractivity contribution in [3.8, 4) is 0 Å². The number of nitrogens with two attached hydrogens (primary N) is 1. The molecule has 3 N–H and O–H groups in total. The number of nitrogens with zero attached hydrogens (tertiary/aromatic N) is 1. The lowest BCUT2D eigenvalue weighted by Gasteiger charge is -2.08. The number of pyridine rings is 1. The molecule has 0 aliphatic rings. The van der Waals surface area contributed by atoms with Gasteiger partial charge < -0.3 is 15.6 Å². The zero-order chi connectivity index (χ0) is 11.3. The van der Waals surface area contributed by atoms with Gasteiger partial charge in [0.05, 0.1) is 30.5 Å². The second-order valence-corrected chi connectivity index (χ2v) is 2.98. The number of esters is 1. The topological polar surface area (TPSA) is 85.4 Å². The number of hydrogen-bond acceptors (Lipinski definition) is 5. The smallest absolute Gasteiger partial charge is 0.338 e. The molecular formula is C10H14N2O3. The Morgan fingerprint density at radius 3 is 3.07 bits per heavy atom. The lowest BCUT2D eigenvalue weighted by Crippen LogP contribution is -2.17. The highest BCUT2D eigenvalue weighted by Gasteiger charge is 2.11. The van der Waals surface area contributed by atoms with Crippen LogP contribution in [0.5, 0.6) is 0 Å². The van der Waals surface area contributed by atoms with Crippen molar-refractivity contribution in [2.45, 2.75) is 13.0 Å². The number of carbonyl (C=O) groups is 1. The van der Waals surface area contributed by atoms with Crippen molar-refractivity contribution in [1.29, 1.82) is 0 Å². The predicted octanol–water partition coefficient (Wildman–Crippen LogP) is 0.250. The second-order valence-electron chi connectivity index (χ2n) is 2.98. The molecule has 15 heavy (non-hydrogen) atoms. The number of aliphatic hydroxyl groups is 1. The Bertz CT molecular complexity index is 341. The van der Waals surface area contributed by atoms with Crippen molar-refractivity contribution in [3.05, 3.63) is 29.6 Å². The van der Waals surface area contributed by atoms with Gasteiger partial charge >= 0.3 is 5.97 Å². The summed E-state index contributed by atoms with van der Waals surface area (Å²) in [7, 11) is 0. The molecule has 0 unspecified atom stereocenters. The van der Waals surface area contributed by atoms with Crippen LogP contribution in [0.15, 0.2) is 18.3 Å². The van der Waals surface area contributed by atoms with Crippen LogP contribution >= 0.6 is 0 Å². The number of ether oxygens (including phenoxy) is 1. The van der Waals surface area contributed by atoms with Gasteiger partial charge in [0, 0.05) is 6.20 Å². The highest BCUT2D eigenvalue weighted by atomic mass is 16.5. The van der Waals surface area contributed by atoms with Gasteiger partial charge in [-0.2, -0.15) is 0 Å². The summed E-state index contributed by atoms with van der Waals surface area (Å²) in [5.41, 5.74) is 6.44. The first kappa shape index (κ1) is 11.6. The van der Waals surface area contributed by atoms with Crippen LogP contribution in [-0.2, 0) is 4.74 Å². The van der Waals surface area contributed by atoms with Gasteiger partial charge in [-0.1, -0.05) is 0 Å². The van der Waals surface area contributed by atoms with E-state index in [9.17, 15) is 4.79 Å². The van der Waals surface area contributed by atoms with E-state index in [1.807, 2.05) is 0 Å². The number of aromatic nitrogens is 1. The van der Waals surface area contributed by atoms with E-state index in [0.29, 0.717) is 17.9 Å². The summed E-state index contributed by atoms with van der Waals surface area (Å²) < 4.78 is 4.83. The van der Waals surface area contributed by atoms with Crippen LogP contribution in [0.3, 0.4) is 0 Å². The molecule has 1 aromatic heterocycles. The van der Waals surface area contributed by atoms with Crippen LogP contribution in [-0.4, -0.2) is 29.3 Å². The largest absolute Gasteiger partial charge is 0.462 e. The second kappa shape index (κ2) is 5.43. The fraction of sp³-hybridized carbons (Fsp3) is 0.400. The minimum absolute atomic E-state index is 0.209. The van der Waals surface area contributed by atoms with E-state index in [1.54, 1.807) is 13.0 Å². The maximum absolute atomic E-state index is 11.4. The molecule has 1 aromatic rings. The van der Waals surface area contributed by atoms with Crippen LogP contribution in [0, 0.1) is 0 Å². The normalized spacial score (nSPS) is 12.2. The van der Waals surface area contributed by atoms with E-state index in [0.717, 1.165) is 0 Å². The molecule has 0 bridgehead atoms. The van der Waals surface area contributed by atoms with Crippen LogP contribution < -0.4 is 5.73 Å². The summed E-state index contributed by atoms with van der Waals surface area (Å²) in [4.78, 5) is 15.3. The first-order valence-electron chi connectivity index (χ1n) is 4.68. The zero-order valence-electron chi connectivity index (χ0n) is 8.51. The Labute approximate surface area is 87.9 Å². The molecule has 0 spiro atoms. The first-order chi connectivity index (χ1) is 7.19. The minimum atomic E-state index is -0.570. The Hall–Kier alpha value is -1.46. The molecule has 0 radical (unpaired) electrons. The van der Waals surface area contributed by atoms with E-state index < -0.39 is 12.0 Å². The summed E-state index contributed by atoms with van der Waals surface area (Å²) in [5, 5.41) is 8.84. The van der Waals surface area contributed by atoms with Gasteiger partial charge in [0.15, 0.2) is 0 Å². The Morgan fingerprint density at radius 1 is 1.73 bits per heavy atom. The zero-order valence-corrected chi connectivity index (χ0v) is 8.51. The van der Waals surface area contributed by atoms with Gasteiger partial charge in [0.1, 0.15) is 0 Å². The molecule has 1 heterocycles. The molecule has 0 fully saturated rings. The molecule has 0 amide bonds. The van der Waals surface area contributed by atoms with Crippen LogP contribution in [0.2, 0.25) is 0 Å². The first-order valence-corrected chi connectivity index (χ1v) is 4.68. The van der Waals surface area contributed by atoms with Crippen molar-refractivity contribution in [3.63, 3.8) is 0 Å². The van der Waals surface area contributed by atoms with Crippen molar-refractivity contribution >= 4 is 5.97 Å². The van der Waals surface area contributed by atoms with E-state index >= 15 is 0 Å². The van der Waals surface area contributed by atoms with Gasteiger partial charge in [0.2, 0.25) is 0 Å². The maximum Gasteiger partial charge on any atom is 0.338 e. The summed E-state index contributed by atoms with van der Waals surface area (Å²) in [6.07, 6.45) is 1.47. The fourth-order valence-electron chi connectivity index (χ4n) is 1.09. The SMILES string of the molecule is CCOC(=O)c1ccnc([C@H](N)CO)c1. The van der Waals surface area contributed by atoms with E-state index in [-0.39, 0.29) is 6.61 Å². The molecule has 82 valence electrons. The van der Waals surface area contributed by atoms with Gasteiger partial charge in [-0.15, -0.1) is 0 Å². The van der Waals surface area contributed by atoms with Gasteiger partial charge in [-0.25, -0.2) is 4.79 Å². The van der Waals surface area contributed by atoms with E-state index in [2.05, 4.69) is 4.98 Å².